The normalized spacial score (nSPS) is 11.8. The fraction of sp³-hybridized carbons (Fsp3) is 0. The van der Waals surface area contributed by atoms with Crippen molar-refractivity contribution in [3.63, 3.8) is 0 Å². The fourth-order valence-electron chi connectivity index (χ4n) is 8.39. The third-order valence-electron chi connectivity index (χ3n) is 10.7. The molecule has 2 aromatic heterocycles. The van der Waals surface area contributed by atoms with Crippen LogP contribution in [0, 0.1) is 0 Å². The summed E-state index contributed by atoms with van der Waals surface area (Å²) in [5, 5.41) is 9.75. The molecule has 0 amide bonds. The van der Waals surface area contributed by atoms with Gasteiger partial charge in [0.15, 0.2) is 0 Å². The lowest BCUT2D eigenvalue weighted by molar-refractivity contribution is 0.669. The minimum Gasteiger partial charge on any atom is -0.456 e. The standard InChI is InChI=1S/C50H31NOS/c1-2-14-33(15-3-1)47-38-18-6-4-16-36(38)37-17-5-7-19-39(37)50(47)51(42-23-13-27-46-49(42)41-21-9-11-26-45(41)53-46)34-30-28-32(29-31-34)35-22-12-25-44-48(35)40-20-8-10-24-43(40)52-44/h1-31H. The van der Waals surface area contributed by atoms with Crippen LogP contribution in [0.1, 0.15) is 0 Å². The van der Waals surface area contributed by atoms with Gasteiger partial charge in [-0.15, -0.1) is 11.3 Å². The number of anilines is 3. The second kappa shape index (κ2) is 11.9. The molecule has 0 radical (unpaired) electrons. The lowest BCUT2D eigenvalue weighted by atomic mass is 9.89. The Balaban J connectivity index is 1.24. The first-order chi connectivity index (χ1) is 26.3. The van der Waals surface area contributed by atoms with E-state index in [9.17, 15) is 0 Å². The molecule has 0 spiro atoms. The molecule has 11 rings (SSSR count). The van der Waals surface area contributed by atoms with Gasteiger partial charge in [0.1, 0.15) is 11.2 Å². The summed E-state index contributed by atoms with van der Waals surface area (Å²) >= 11 is 1.86. The second-order valence-electron chi connectivity index (χ2n) is 13.6. The summed E-state index contributed by atoms with van der Waals surface area (Å²) in [5.74, 6) is 0. The van der Waals surface area contributed by atoms with Gasteiger partial charge < -0.3 is 9.32 Å². The highest BCUT2D eigenvalue weighted by Gasteiger charge is 2.26. The minimum atomic E-state index is 0.903. The lowest BCUT2D eigenvalue weighted by Crippen LogP contribution is -2.12. The van der Waals surface area contributed by atoms with Gasteiger partial charge in [-0.2, -0.15) is 0 Å². The predicted molar refractivity (Wildman–Crippen MR) is 227 cm³/mol. The molecule has 0 saturated heterocycles. The first-order valence-corrected chi connectivity index (χ1v) is 18.8. The summed E-state index contributed by atoms with van der Waals surface area (Å²) < 4.78 is 8.85. The van der Waals surface area contributed by atoms with E-state index in [1.807, 2.05) is 23.5 Å². The van der Waals surface area contributed by atoms with Gasteiger partial charge in [0.2, 0.25) is 0 Å². The van der Waals surface area contributed by atoms with Gasteiger partial charge in [-0.05, 0) is 75.3 Å². The number of para-hydroxylation sites is 1. The Morgan fingerprint density at radius 1 is 0.377 bits per heavy atom. The van der Waals surface area contributed by atoms with Crippen molar-refractivity contribution in [2.24, 2.45) is 0 Å². The zero-order valence-corrected chi connectivity index (χ0v) is 29.5. The lowest BCUT2D eigenvalue weighted by Gasteiger charge is -2.31. The Bertz CT molecular complexity index is 3170. The minimum absolute atomic E-state index is 0.903. The fourth-order valence-corrected chi connectivity index (χ4v) is 9.51. The van der Waals surface area contributed by atoms with Crippen LogP contribution in [0.3, 0.4) is 0 Å². The topological polar surface area (TPSA) is 16.4 Å². The van der Waals surface area contributed by atoms with Crippen molar-refractivity contribution in [1.29, 1.82) is 0 Å². The van der Waals surface area contributed by atoms with E-state index in [0.717, 1.165) is 44.4 Å². The molecule has 0 atom stereocenters. The van der Waals surface area contributed by atoms with Crippen LogP contribution in [0.25, 0.3) is 85.9 Å². The molecule has 11 aromatic rings. The number of hydrogen-bond donors (Lipinski definition) is 0. The highest BCUT2D eigenvalue weighted by Crippen LogP contribution is 2.52. The summed E-state index contributed by atoms with van der Waals surface area (Å²) in [7, 11) is 0. The zero-order chi connectivity index (χ0) is 34.9. The summed E-state index contributed by atoms with van der Waals surface area (Å²) in [6.07, 6.45) is 0. The van der Waals surface area contributed by atoms with Crippen molar-refractivity contribution in [3.05, 3.63) is 188 Å². The van der Waals surface area contributed by atoms with Crippen LogP contribution in [-0.4, -0.2) is 0 Å². The van der Waals surface area contributed by atoms with Gasteiger partial charge in [0.25, 0.3) is 0 Å². The molecule has 2 nitrogen and oxygen atoms in total. The van der Waals surface area contributed by atoms with Crippen LogP contribution in [0.15, 0.2) is 192 Å². The monoisotopic (exact) mass is 693 g/mol. The summed E-state index contributed by atoms with van der Waals surface area (Å²) in [5.41, 5.74) is 9.96. The predicted octanol–water partition coefficient (Wildman–Crippen LogP) is 15.1. The van der Waals surface area contributed by atoms with E-state index in [2.05, 4.69) is 181 Å². The van der Waals surface area contributed by atoms with Crippen LogP contribution < -0.4 is 4.90 Å². The second-order valence-corrected chi connectivity index (χ2v) is 14.7. The van der Waals surface area contributed by atoms with E-state index in [0.29, 0.717) is 0 Å². The quantitative estimate of drug-likeness (QED) is 0.167. The molecular weight excluding hydrogens is 663 g/mol. The molecule has 9 aromatic carbocycles. The molecule has 0 fully saturated rings. The van der Waals surface area contributed by atoms with Crippen molar-refractivity contribution >= 4 is 92.1 Å². The largest absolute Gasteiger partial charge is 0.456 e. The average molecular weight is 694 g/mol. The van der Waals surface area contributed by atoms with Gasteiger partial charge >= 0.3 is 0 Å². The highest BCUT2D eigenvalue weighted by atomic mass is 32.1. The summed E-state index contributed by atoms with van der Waals surface area (Å²) in [4.78, 5) is 2.52. The molecule has 0 unspecified atom stereocenters. The van der Waals surface area contributed by atoms with Crippen LogP contribution in [0.4, 0.5) is 17.1 Å². The van der Waals surface area contributed by atoms with Gasteiger partial charge in [-0.25, -0.2) is 0 Å². The molecule has 0 aliphatic carbocycles. The van der Waals surface area contributed by atoms with Gasteiger partial charge in [0.05, 0.1) is 11.4 Å². The number of nitrogens with zero attached hydrogens (tertiary/aromatic N) is 1. The number of thiophene rings is 1. The Morgan fingerprint density at radius 3 is 1.79 bits per heavy atom. The van der Waals surface area contributed by atoms with E-state index in [-0.39, 0.29) is 0 Å². The smallest absolute Gasteiger partial charge is 0.136 e. The van der Waals surface area contributed by atoms with E-state index in [1.54, 1.807) is 0 Å². The van der Waals surface area contributed by atoms with Crippen LogP contribution in [0.2, 0.25) is 0 Å². The van der Waals surface area contributed by atoms with Gasteiger partial charge in [-0.3, -0.25) is 0 Å². The summed E-state index contributed by atoms with van der Waals surface area (Å²) in [6, 6.07) is 68.1. The molecule has 248 valence electrons. The molecule has 0 saturated carbocycles. The first kappa shape index (κ1) is 30.0. The van der Waals surface area contributed by atoms with E-state index in [1.165, 1.54) is 58.5 Å². The van der Waals surface area contributed by atoms with Crippen LogP contribution in [0.5, 0.6) is 0 Å². The molecular formula is C50H31NOS. The van der Waals surface area contributed by atoms with E-state index in [4.69, 9.17) is 4.42 Å². The van der Waals surface area contributed by atoms with Gasteiger partial charge in [-0.1, -0.05) is 146 Å². The Hall–Kier alpha value is -6.68. The maximum atomic E-state index is 6.28. The molecule has 2 heterocycles. The molecule has 53 heavy (non-hydrogen) atoms. The summed E-state index contributed by atoms with van der Waals surface area (Å²) in [6.45, 7) is 0. The Labute approximate surface area is 310 Å². The zero-order valence-electron chi connectivity index (χ0n) is 28.7. The maximum absolute atomic E-state index is 6.28. The van der Waals surface area contributed by atoms with Crippen molar-refractivity contribution in [3.8, 4) is 22.3 Å². The Morgan fingerprint density at radius 2 is 0.981 bits per heavy atom. The average Bonchev–Trinajstić information content (AvgIpc) is 3.81. The third kappa shape index (κ3) is 4.64. The van der Waals surface area contributed by atoms with Crippen molar-refractivity contribution in [2.45, 2.75) is 0 Å². The number of fused-ring (bicyclic) bond motifs is 9. The van der Waals surface area contributed by atoms with E-state index < -0.39 is 0 Å². The van der Waals surface area contributed by atoms with Crippen molar-refractivity contribution in [2.75, 3.05) is 4.90 Å². The third-order valence-corrected chi connectivity index (χ3v) is 11.8. The van der Waals surface area contributed by atoms with E-state index >= 15 is 0 Å². The molecule has 0 bridgehead atoms. The Kier molecular flexibility index (Phi) is 6.76. The molecule has 0 aliphatic rings. The number of rotatable bonds is 5. The number of hydrogen-bond acceptors (Lipinski definition) is 3. The van der Waals surface area contributed by atoms with Crippen molar-refractivity contribution in [1.82, 2.24) is 0 Å². The van der Waals surface area contributed by atoms with Crippen LogP contribution >= 0.6 is 11.3 Å². The van der Waals surface area contributed by atoms with Gasteiger partial charge in [0, 0.05) is 47.6 Å². The molecule has 0 aliphatic heterocycles. The number of benzene rings is 9. The molecule has 0 N–H and O–H groups in total. The first-order valence-electron chi connectivity index (χ1n) is 18.0. The maximum Gasteiger partial charge on any atom is 0.136 e. The molecule has 3 heteroatoms. The number of furan rings is 1. The highest BCUT2D eigenvalue weighted by molar-refractivity contribution is 7.26. The van der Waals surface area contributed by atoms with Crippen molar-refractivity contribution < 1.29 is 4.42 Å². The van der Waals surface area contributed by atoms with Crippen LogP contribution in [-0.2, 0) is 0 Å². The SMILES string of the molecule is c1ccc(-c2c(N(c3ccc(-c4cccc5oc6ccccc6c45)cc3)c3cccc4sc5ccccc5c34)c3ccccc3c3ccccc23)cc1.